The molecule has 1 heterocycles. The molecule has 0 atom stereocenters. The second-order valence-corrected chi connectivity index (χ2v) is 6.35. The summed E-state index contributed by atoms with van der Waals surface area (Å²) in [5.74, 6) is 0.954. The first-order valence-electron chi connectivity index (χ1n) is 8.03. The van der Waals surface area contributed by atoms with Gasteiger partial charge < -0.3 is 9.80 Å². The molecule has 2 rings (SSSR count). The maximum atomic E-state index is 12.3. The Morgan fingerprint density at radius 3 is 2.23 bits per heavy atom. The van der Waals surface area contributed by atoms with E-state index in [4.69, 9.17) is 0 Å². The monoisotopic (exact) mass is 302 g/mol. The highest BCUT2D eigenvalue weighted by Crippen LogP contribution is 2.23. The van der Waals surface area contributed by atoms with Crippen LogP contribution in [0.2, 0.25) is 0 Å². The molecule has 1 saturated heterocycles. The summed E-state index contributed by atoms with van der Waals surface area (Å²) in [6.45, 7) is 3.30. The summed E-state index contributed by atoms with van der Waals surface area (Å²) in [5.41, 5.74) is 1.90. The molecule has 0 saturated carbocycles. The number of hydrogen-bond acceptors (Lipinski definition) is 3. The number of piperidine rings is 1. The molecule has 0 unspecified atom stereocenters. The molecule has 1 aliphatic rings. The second-order valence-electron chi connectivity index (χ2n) is 6.35. The van der Waals surface area contributed by atoms with Gasteiger partial charge in [0.15, 0.2) is 5.78 Å². The third-order valence-electron chi connectivity index (χ3n) is 4.55. The molecule has 22 heavy (non-hydrogen) atoms. The first kappa shape index (κ1) is 16.5. The van der Waals surface area contributed by atoms with Crippen molar-refractivity contribution in [1.82, 2.24) is 4.90 Å². The van der Waals surface area contributed by atoms with E-state index in [0.717, 1.165) is 43.6 Å². The molecule has 4 heteroatoms. The van der Waals surface area contributed by atoms with E-state index >= 15 is 0 Å². The van der Waals surface area contributed by atoms with Crippen LogP contribution < -0.4 is 4.90 Å². The topological polar surface area (TPSA) is 40.6 Å². The van der Waals surface area contributed by atoms with Gasteiger partial charge in [0.2, 0.25) is 5.91 Å². The minimum absolute atomic E-state index is 0.163. The molecule has 1 amide bonds. The molecule has 4 nitrogen and oxygen atoms in total. The van der Waals surface area contributed by atoms with Crippen molar-refractivity contribution in [3.63, 3.8) is 0 Å². The Kier molecular flexibility index (Phi) is 5.58. The van der Waals surface area contributed by atoms with E-state index in [1.807, 2.05) is 48.2 Å². The van der Waals surface area contributed by atoms with Crippen LogP contribution in [0.4, 0.5) is 5.69 Å². The summed E-state index contributed by atoms with van der Waals surface area (Å²) in [6, 6.07) is 7.79. The van der Waals surface area contributed by atoms with Crippen LogP contribution in [0.3, 0.4) is 0 Å². The van der Waals surface area contributed by atoms with Crippen LogP contribution in [0, 0.1) is 5.92 Å². The average Bonchev–Trinajstić information content (AvgIpc) is 2.53. The van der Waals surface area contributed by atoms with E-state index in [-0.39, 0.29) is 11.7 Å². The van der Waals surface area contributed by atoms with Crippen molar-refractivity contribution < 1.29 is 9.59 Å². The Balaban J connectivity index is 1.79. The Bertz CT molecular complexity index is 514. The van der Waals surface area contributed by atoms with Gasteiger partial charge in [-0.25, -0.2) is 0 Å². The van der Waals surface area contributed by atoms with Crippen LogP contribution in [0.1, 0.15) is 43.0 Å². The number of carbonyl (C=O) groups is 2. The molecule has 120 valence electrons. The predicted octanol–water partition coefficient (Wildman–Crippen LogP) is 2.97. The van der Waals surface area contributed by atoms with Gasteiger partial charge in [-0.15, -0.1) is 0 Å². The number of ketones is 1. The number of nitrogens with zero attached hydrogens (tertiary/aromatic N) is 2. The van der Waals surface area contributed by atoms with Crippen molar-refractivity contribution in [1.29, 1.82) is 0 Å². The molecule has 0 radical (unpaired) electrons. The fraction of sp³-hybridized carbons (Fsp3) is 0.556. The number of amides is 1. The lowest BCUT2D eigenvalue weighted by molar-refractivity contribution is -0.130. The molecular formula is C18H26N2O2. The Labute approximate surface area is 133 Å². The van der Waals surface area contributed by atoms with Crippen LogP contribution in [0.15, 0.2) is 24.3 Å². The summed E-state index contributed by atoms with van der Waals surface area (Å²) in [6.07, 6.45) is 3.57. The second kappa shape index (κ2) is 7.43. The Morgan fingerprint density at radius 2 is 1.73 bits per heavy atom. The van der Waals surface area contributed by atoms with Crippen LogP contribution >= 0.6 is 0 Å². The molecule has 1 aromatic rings. The van der Waals surface area contributed by atoms with Crippen molar-refractivity contribution in [2.75, 3.05) is 32.1 Å². The van der Waals surface area contributed by atoms with E-state index < -0.39 is 0 Å². The Hall–Kier alpha value is -1.84. The minimum atomic E-state index is 0.163. The summed E-state index contributed by atoms with van der Waals surface area (Å²) >= 11 is 0. The number of Topliss-reactive ketones (excluding diaryl/α,β-unsaturated/α-hetero) is 1. The van der Waals surface area contributed by atoms with E-state index in [1.54, 1.807) is 6.92 Å². The van der Waals surface area contributed by atoms with Crippen LogP contribution in [0.5, 0.6) is 0 Å². The number of rotatable bonds is 5. The fourth-order valence-electron chi connectivity index (χ4n) is 2.96. The largest absolute Gasteiger partial charge is 0.378 e. The minimum Gasteiger partial charge on any atom is -0.378 e. The molecular weight excluding hydrogens is 276 g/mol. The first-order valence-corrected chi connectivity index (χ1v) is 8.03. The highest BCUT2D eigenvalue weighted by molar-refractivity contribution is 5.96. The van der Waals surface area contributed by atoms with Gasteiger partial charge in [0, 0.05) is 51.8 Å². The maximum absolute atomic E-state index is 12.3. The third kappa shape index (κ3) is 4.33. The van der Waals surface area contributed by atoms with E-state index in [1.165, 1.54) is 0 Å². The number of benzene rings is 1. The molecule has 0 aromatic heterocycles. The molecule has 1 aliphatic heterocycles. The lowest BCUT2D eigenvalue weighted by Crippen LogP contribution is -2.37. The number of carbonyl (C=O) groups excluding carboxylic acids is 2. The lowest BCUT2D eigenvalue weighted by atomic mass is 9.90. The van der Waals surface area contributed by atoms with Crippen molar-refractivity contribution in [3.8, 4) is 0 Å². The highest BCUT2D eigenvalue weighted by Gasteiger charge is 2.21. The van der Waals surface area contributed by atoms with Crippen LogP contribution in [-0.4, -0.2) is 43.8 Å². The van der Waals surface area contributed by atoms with Gasteiger partial charge >= 0.3 is 0 Å². The van der Waals surface area contributed by atoms with Crippen LogP contribution in [0.25, 0.3) is 0 Å². The zero-order valence-electron chi connectivity index (χ0n) is 13.8. The molecule has 0 aliphatic carbocycles. The highest BCUT2D eigenvalue weighted by atomic mass is 16.2. The summed E-state index contributed by atoms with van der Waals surface area (Å²) in [4.78, 5) is 27.5. The zero-order valence-corrected chi connectivity index (χ0v) is 13.8. The SMILES string of the molecule is CC(=O)N1CCC(CCC(=O)c2ccc(N(C)C)cc2)CC1. The lowest BCUT2D eigenvalue weighted by Gasteiger charge is -2.31. The molecule has 0 spiro atoms. The normalized spacial score (nSPS) is 15.7. The van der Waals surface area contributed by atoms with E-state index in [0.29, 0.717) is 12.3 Å². The number of anilines is 1. The van der Waals surface area contributed by atoms with Crippen molar-refractivity contribution in [2.45, 2.75) is 32.6 Å². The molecule has 0 N–H and O–H groups in total. The quantitative estimate of drug-likeness (QED) is 0.785. The van der Waals surface area contributed by atoms with Gasteiger partial charge in [0.1, 0.15) is 0 Å². The standard InChI is InChI=1S/C18H26N2O2/c1-14(21)20-12-10-15(11-13-20)4-9-18(22)16-5-7-17(8-6-16)19(2)3/h5-8,15H,4,9-13H2,1-3H3. The van der Waals surface area contributed by atoms with Gasteiger partial charge in [0.05, 0.1) is 0 Å². The fourth-order valence-corrected chi connectivity index (χ4v) is 2.96. The van der Waals surface area contributed by atoms with Gasteiger partial charge in [-0.1, -0.05) is 0 Å². The van der Waals surface area contributed by atoms with E-state index in [9.17, 15) is 9.59 Å². The van der Waals surface area contributed by atoms with Gasteiger partial charge in [-0.05, 0) is 49.4 Å². The van der Waals surface area contributed by atoms with Crippen LogP contribution in [-0.2, 0) is 4.79 Å². The number of hydrogen-bond donors (Lipinski definition) is 0. The summed E-state index contributed by atoms with van der Waals surface area (Å²) in [5, 5.41) is 0. The first-order chi connectivity index (χ1) is 10.5. The van der Waals surface area contributed by atoms with Crippen molar-refractivity contribution >= 4 is 17.4 Å². The van der Waals surface area contributed by atoms with Gasteiger partial charge in [-0.2, -0.15) is 0 Å². The molecule has 1 fully saturated rings. The van der Waals surface area contributed by atoms with Crippen molar-refractivity contribution in [3.05, 3.63) is 29.8 Å². The zero-order chi connectivity index (χ0) is 16.1. The van der Waals surface area contributed by atoms with Gasteiger partial charge in [-0.3, -0.25) is 9.59 Å². The summed E-state index contributed by atoms with van der Waals surface area (Å²) in [7, 11) is 3.98. The predicted molar refractivity (Wildman–Crippen MR) is 89.3 cm³/mol. The Morgan fingerprint density at radius 1 is 1.14 bits per heavy atom. The smallest absolute Gasteiger partial charge is 0.219 e. The maximum Gasteiger partial charge on any atom is 0.219 e. The van der Waals surface area contributed by atoms with Crippen molar-refractivity contribution in [2.24, 2.45) is 5.92 Å². The average molecular weight is 302 g/mol. The van der Waals surface area contributed by atoms with E-state index in [2.05, 4.69) is 0 Å². The third-order valence-corrected chi connectivity index (χ3v) is 4.55. The van der Waals surface area contributed by atoms with Gasteiger partial charge in [0.25, 0.3) is 0 Å². The summed E-state index contributed by atoms with van der Waals surface area (Å²) < 4.78 is 0. The molecule has 1 aromatic carbocycles. The number of likely N-dealkylation sites (tertiary alicyclic amines) is 1. The molecule has 0 bridgehead atoms.